The monoisotopic (exact) mass is 343 g/mol. The molecule has 0 saturated carbocycles. The molecule has 0 amide bonds. The third kappa shape index (κ3) is 3.45. The number of allylic oxidation sites excluding steroid dienone is 4. The highest BCUT2D eigenvalue weighted by molar-refractivity contribution is 5.95. The van der Waals surface area contributed by atoms with E-state index in [1.165, 1.54) is 5.57 Å². The molecule has 2 aliphatic rings. The summed E-state index contributed by atoms with van der Waals surface area (Å²) >= 11 is 0. The maximum atomic E-state index is 12.3. The number of carbonyl (C=O) groups excluding carboxylic acids is 1. The zero-order chi connectivity index (χ0) is 18.8. The molecule has 0 spiro atoms. The average molecular weight is 344 g/mol. The van der Waals surface area contributed by atoms with E-state index in [1.807, 2.05) is 12.2 Å². The van der Waals surface area contributed by atoms with Crippen LogP contribution in [0.15, 0.2) is 47.9 Å². The van der Waals surface area contributed by atoms with E-state index in [1.54, 1.807) is 6.92 Å². The molecular formula is C21H33N3O. The topological polar surface area (TPSA) is 35.6 Å². The van der Waals surface area contributed by atoms with Crippen molar-refractivity contribution in [2.45, 2.75) is 71.5 Å². The zero-order valence-electron chi connectivity index (χ0n) is 16.6. The summed E-state index contributed by atoms with van der Waals surface area (Å²) < 4.78 is 0. The van der Waals surface area contributed by atoms with Gasteiger partial charge in [-0.15, -0.1) is 0 Å². The van der Waals surface area contributed by atoms with Crippen molar-refractivity contribution in [3.8, 4) is 0 Å². The molecule has 4 nitrogen and oxygen atoms in total. The summed E-state index contributed by atoms with van der Waals surface area (Å²) in [5, 5.41) is 8.22. The van der Waals surface area contributed by atoms with E-state index in [9.17, 15) is 4.79 Å². The number of hydrazine groups is 1. The van der Waals surface area contributed by atoms with Crippen LogP contribution in [0.3, 0.4) is 0 Å². The van der Waals surface area contributed by atoms with Crippen molar-refractivity contribution in [3.63, 3.8) is 0 Å². The summed E-state index contributed by atoms with van der Waals surface area (Å²) in [6.07, 6.45) is 11.1. The first-order valence-corrected chi connectivity index (χ1v) is 9.28. The van der Waals surface area contributed by atoms with E-state index >= 15 is 0 Å². The van der Waals surface area contributed by atoms with Crippen molar-refractivity contribution in [2.75, 3.05) is 7.05 Å². The van der Waals surface area contributed by atoms with Gasteiger partial charge in [0, 0.05) is 7.05 Å². The molecule has 0 aromatic heterocycles. The Morgan fingerprint density at radius 1 is 1.48 bits per heavy atom. The second kappa shape index (κ2) is 7.61. The molecule has 0 aromatic rings. The minimum atomic E-state index is -0.0120. The Morgan fingerprint density at radius 3 is 2.68 bits per heavy atom. The highest BCUT2D eigenvalue weighted by Crippen LogP contribution is 2.42. The van der Waals surface area contributed by atoms with Crippen molar-refractivity contribution >= 4 is 5.78 Å². The molecule has 1 fully saturated rings. The fourth-order valence-corrected chi connectivity index (χ4v) is 4.10. The van der Waals surface area contributed by atoms with Gasteiger partial charge >= 0.3 is 0 Å². The minimum absolute atomic E-state index is 0.0120. The molecule has 2 heterocycles. The highest BCUT2D eigenvalue weighted by atomic mass is 16.1. The SMILES string of the molecule is C=C/C=C\C/C(=C\C)[C@H]1CC(C)(CC)N2C(=C(C(C)=O)C(C)N2C)N1. The maximum Gasteiger partial charge on any atom is 0.161 e. The van der Waals surface area contributed by atoms with Crippen LogP contribution in [-0.4, -0.2) is 40.5 Å². The van der Waals surface area contributed by atoms with Gasteiger partial charge in [0.15, 0.2) is 5.78 Å². The second-order valence-electron chi connectivity index (χ2n) is 7.36. The Morgan fingerprint density at radius 2 is 2.16 bits per heavy atom. The number of rotatable bonds is 6. The Balaban J connectivity index is 2.44. The van der Waals surface area contributed by atoms with Crippen LogP contribution in [0, 0.1) is 0 Å². The molecule has 138 valence electrons. The molecule has 2 unspecified atom stereocenters. The summed E-state index contributed by atoms with van der Waals surface area (Å²) in [7, 11) is 2.08. The molecular weight excluding hydrogens is 310 g/mol. The lowest BCUT2D eigenvalue weighted by molar-refractivity contribution is -0.114. The molecule has 2 rings (SSSR count). The van der Waals surface area contributed by atoms with Crippen LogP contribution in [0.1, 0.15) is 53.9 Å². The third-order valence-corrected chi connectivity index (χ3v) is 5.81. The molecule has 2 aliphatic heterocycles. The van der Waals surface area contributed by atoms with E-state index in [-0.39, 0.29) is 23.4 Å². The molecule has 4 heteroatoms. The largest absolute Gasteiger partial charge is 0.364 e. The number of Topliss-reactive ketones (excluding diaryl/α,β-unsaturated/α-hetero) is 1. The Hall–Kier alpha value is -1.81. The van der Waals surface area contributed by atoms with E-state index in [2.05, 4.69) is 68.8 Å². The van der Waals surface area contributed by atoms with E-state index < -0.39 is 0 Å². The number of likely N-dealkylation sites (N-methyl/N-ethyl adjacent to an activating group) is 1. The predicted molar refractivity (Wildman–Crippen MR) is 105 cm³/mol. The number of nitrogens with one attached hydrogen (secondary N) is 1. The maximum absolute atomic E-state index is 12.3. The minimum Gasteiger partial charge on any atom is -0.364 e. The first kappa shape index (κ1) is 19.5. The van der Waals surface area contributed by atoms with Crippen LogP contribution in [0.5, 0.6) is 0 Å². The van der Waals surface area contributed by atoms with Crippen LogP contribution in [0.4, 0.5) is 0 Å². The summed E-state index contributed by atoms with van der Waals surface area (Å²) in [6, 6.07) is 0.336. The lowest BCUT2D eigenvalue weighted by Gasteiger charge is -2.52. The fraction of sp³-hybridized carbons (Fsp3) is 0.571. The summed E-state index contributed by atoms with van der Waals surface area (Å²) in [6.45, 7) is 14.2. The van der Waals surface area contributed by atoms with Gasteiger partial charge in [-0.3, -0.25) is 9.80 Å². The molecule has 25 heavy (non-hydrogen) atoms. The van der Waals surface area contributed by atoms with Gasteiger partial charge in [0.1, 0.15) is 5.82 Å². The van der Waals surface area contributed by atoms with Crippen LogP contribution < -0.4 is 5.32 Å². The van der Waals surface area contributed by atoms with Gasteiger partial charge in [0.2, 0.25) is 0 Å². The molecule has 1 N–H and O–H groups in total. The Bertz CT molecular complexity index is 631. The van der Waals surface area contributed by atoms with Gasteiger partial charge in [0.25, 0.3) is 0 Å². The first-order valence-electron chi connectivity index (χ1n) is 9.28. The molecule has 0 aromatic carbocycles. The summed E-state index contributed by atoms with van der Waals surface area (Å²) in [5.74, 6) is 1.15. The van der Waals surface area contributed by atoms with Gasteiger partial charge in [-0.25, -0.2) is 5.01 Å². The normalized spacial score (nSPS) is 30.6. The number of hydrogen-bond donors (Lipinski definition) is 1. The van der Waals surface area contributed by atoms with Gasteiger partial charge in [-0.05, 0) is 52.5 Å². The van der Waals surface area contributed by atoms with Crippen molar-refractivity contribution in [1.29, 1.82) is 0 Å². The third-order valence-electron chi connectivity index (χ3n) is 5.81. The van der Waals surface area contributed by atoms with Gasteiger partial charge in [-0.1, -0.05) is 37.8 Å². The molecule has 0 aliphatic carbocycles. The number of nitrogens with zero attached hydrogens (tertiary/aromatic N) is 2. The van der Waals surface area contributed by atoms with Crippen LogP contribution in [-0.2, 0) is 4.79 Å². The Labute approximate surface area is 152 Å². The van der Waals surface area contributed by atoms with Crippen molar-refractivity contribution in [2.24, 2.45) is 0 Å². The number of fused-ring (bicyclic) bond motifs is 1. The van der Waals surface area contributed by atoms with E-state index in [0.717, 1.165) is 30.7 Å². The lowest BCUT2D eigenvalue weighted by Crippen LogP contribution is -2.61. The zero-order valence-corrected chi connectivity index (χ0v) is 16.6. The van der Waals surface area contributed by atoms with Gasteiger partial charge in [0.05, 0.1) is 23.2 Å². The molecule has 1 saturated heterocycles. The first-order chi connectivity index (χ1) is 11.8. The molecule has 0 bridgehead atoms. The molecule has 3 atom stereocenters. The lowest BCUT2D eigenvalue weighted by atomic mass is 9.83. The quantitative estimate of drug-likeness (QED) is 0.585. The number of hydrogen-bond acceptors (Lipinski definition) is 4. The molecule has 0 radical (unpaired) electrons. The number of carbonyl (C=O) groups is 1. The second-order valence-corrected chi connectivity index (χ2v) is 7.36. The van der Waals surface area contributed by atoms with Crippen molar-refractivity contribution in [1.82, 2.24) is 15.3 Å². The Kier molecular flexibility index (Phi) is 5.94. The van der Waals surface area contributed by atoms with Crippen LogP contribution in [0.25, 0.3) is 0 Å². The van der Waals surface area contributed by atoms with Crippen molar-refractivity contribution in [3.05, 3.63) is 47.9 Å². The number of ketones is 1. The van der Waals surface area contributed by atoms with E-state index in [0.29, 0.717) is 0 Å². The predicted octanol–water partition coefficient (Wildman–Crippen LogP) is 3.95. The summed E-state index contributed by atoms with van der Waals surface area (Å²) in [5.41, 5.74) is 2.24. The van der Waals surface area contributed by atoms with Crippen LogP contribution >= 0.6 is 0 Å². The highest BCUT2D eigenvalue weighted by Gasteiger charge is 2.49. The fourth-order valence-electron chi connectivity index (χ4n) is 4.10. The smallest absolute Gasteiger partial charge is 0.161 e. The van der Waals surface area contributed by atoms with Crippen LogP contribution in [0.2, 0.25) is 0 Å². The average Bonchev–Trinajstić information content (AvgIpc) is 2.83. The summed E-state index contributed by atoms with van der Waals surface area (Å²) in [4.78, 5) is 12.3. The standard InChI is InChI=1S/C21H33N3O/c1-8-11-12-13-17(9-2)18-14-21(6,10-3)24-20(22-18)19(16(5)25)15(4)23(24)7/h8-9,11-12,15,18,22H,1,10,13-14H2,2-7H3/b12-11-,17-9+/t15?,18-,21?/m1/s1. The van der Waals surface area contributed by atoms with Gasteiger partial charge in [-0.2, -0.15) is 0 Å². The van der Waals surface area contributed by atoms with Gasteiger partial charge < -0.3 is 5.32 Å². The van der Waals surface area contributed by atoms with Crippen molar-refractivity contribution < 1.29 is 4.79 Å². The van der Waals surface area contributed by atoms with E-state index in [4.69, 9.17) is 0 Å².